The predicted molar refractivity (Wildman–Crippen MR) is 71.8 cm³/mol. The van der Waals surface area contributed by atoms with E-state index < -0.39 is 0 Å². The second-order valence-corrected chi connectivity index (χ2v) is 4.59. The zero-order valence-electron chi connectivity index (χ0n) is 10.8. The van der Waals surface area contributed by atoms with Crippen molar-refractivity contribution in [3.05, 3.63) is 29.3 Å². The van der Waals surface area contributed by atoms with Gasteiger partial charge in [0.2, 0.25) is 0 Å². The Bertz CT molecular complexity index is 359. The van der Waals surface area contributed by atoms with E-state index in [9.17, 15) is 0 Å². The lowest BCUT2D eigenvalue weighted by Gasteiger charge is -2.31. The monoisotopic (exact) mass is 234 g/mol. The molecular formula is C14H22N2O. The van der Waals surface area contributed by atoms with Crippen LogP contribution in [0.15, 0.2) is 18.2 Å². The van der Waals surface area contributed by atoms with Crippen molar-refractivity contribution in [2.45, 2.75) is 13.3 Å². The Labute approximate surface area is 104 Å². The van der Waals surface area contributed by atoms with Crippen molar-refractivity contribution in [2.75, 3.05) is 44.8 Å². The summed E-state index contributed by atoms with van der Waals surface area (Å²) in [6.45, 7) is 6.90. The van der Waals surface area contributed by atoms with Crippen molar-refractivity contribution in [3.63, 3.8) is 0 Å². The molecule has 17 heavy (non-hydrogen) atoms. The van der Waals surface area contributed by atoms with Gasteiger partial charge in [-0.2, -0.15) is 0 Å². The van der Waals surface area contributed by atoms with Crippen molar-refractivity contribution in [3.8, 4) is 0 Å². The van der Waals surface area contributed by atoms with Gasteiger partial charge < -0.3 is 15.0 Å². The number of aryl methyl sites for hydroxylation is 1. The van der Waals surface area contributed by atoms with E-state index in [1.54, 1.807) is 0 Å². The molecule has 0 bridgehead atoms. The van der Waals surface area contributed by atoms with E-state index >= 15 is 0 Å². The van der Waals surface area contributed by atoms with Gasteiger partial charge >= 0.3 is 0 Å². The van der Waals surface area contributed by atoms with E-state index in [-0.39, 0.29) is 0 Å². The third kappa shape index (κ3) is 3.20. The molecule has 1 aliphatic heterocycles. The fraction of sp³-hybridized carbons (Fsp3) is 0.571. The molecule has 0 spiro atoms. The van der Waals surface area contributed by atoms with E-state index in [0.29, 0.717) is 0 Å². The molecule has 0 radical (unpaired) electrons. The van der Waals surface area contributed by atoms with Gasteiger partial charge in [-0.15, -0.1) is 0 Å². The summed E-state index contributed by atoms with van der Waals surface area (Å²) in [5, 5.41) is 3.22. The standard InChI is InChI=1S/C14H22N2O/c1-12-3-4-14(13(11-12)5-6-15-2)16-7-9-17-10-8-16/h3-4,11,15H,5-10H2,1-2H3. The maximum absolute atomic E-state index is 5.41. The van der Waals surface area contributed by atoms with Crippen molar-refractivity contribution >= 4 is 5.69 Å². The van der Waals surface area contributed by atoms with Crippen molar-refractivity contribution in [1.29, 1.82) is 0 Å². The lowest BCUT2D eigenvalue weighted by Crippen LogP contribution is -2.37. The largest absolute Gasteiger partial charge is 0.378 e. The first-order valence-electron chi connectivity index (χ1n) is 6.38. The molecule has 1 aromatic carbocycles. The topological polar surface area (TPSA) is 24.5 Å². The highest BCUT2D eigenvalue weighted by Crippen LogP contribution is 2.23. The molecule has 2 rings (SSSR count). The normalized spacial score (nSPS) is 16.2. The molecule has 3 nitrogen and oxygen atoms in total. The third-order valence-electron chi connectivity index (χ3n) is 3.23. The summed E-state index contributed by atoms with van der Waals surface area (Å²) in [6.07, 6.45) is 1.09. The molecule has 0 unspecified atom stereocenters. The number of nitrogens with one attached hydrogen (secondary N) is 1. The first-order valence-corrected chi connectivity index (χ1v) is 6.38. The van der Waals surface area contributed by atoms with Gasteiger partial charge in [0.05, 0.1) is 13.2 Å². The smallest absolute Gasteiger partial charge is 0.0642 e. The number of benzene rings is 1. The number of hydrogen-bond donors (Lipinski definition) is 1. The fourth-order valence-corrected chi connectivity index (χ4v) is 2.29. The van der Waals surface area contributed by atoms with Crippen LogP contribution in [0.1, 0.15) is 11.1 Å². The molecule has 1 N–H and O–H groups in total. The maximum atomic E-state index is 5.41. The van der Waals surface area contributed by atoms with Gasteiger partial charge in [-0.05, 0) is 38.6 Å². The molecule has 1 saturated heterocycles. The average Bonchev–Trinajstić information content (AvgIpc) is 2.37. The summed E-state index contributed by atoms with van der Waals surface area (Å²) < 4.78 is 5.41. The summed E-state index contributed by atoms with van der Waals surface area (Å²) in [4.78, 5) is 2.44. The molecule has 94 valence electrons. The van der Waals surface area contributed by atoms with Gasteiger partial charge in [0.1, 0.15) is 0 Å². The highest BCUT2D eigenvalue weighted by Gasteiger charge is 2.14. The van der Waals surface area contributed by atoms with Gasteiger partial charge in [0.15, 0.2) is 0 Å². The van der Waals surface area contributed by atoms with Crippen LogP contribution in [0, 0.1) is 6.92 Å². The van der Waals surface area contributed by atoms with Crippen molar-refractivity contribution in [2.24, 2.45) is 0 Å². The Morgan fingerprint density at radius 3 is 2.76 bits per heavy atom. The Balaban J connectivity index is 2.18. The Hall–Kier alpha value is -1.06. The fourth-order valence-electron chi connectivity index (χ4n) is 2.29. The van der Waals surface area contributed by atoms with Crippen molar-refractivity contribution < 1.29 is 4.74 Å². The summed E-state index contributed by atoms with van der Waals surface area (Å²) in [6, 6.07) is 6.77. The van der Waals surface area contributed by atoms with Crippen LogP contribution in [-0.4, -0.2) is 39.9 Å². The molecule has 0 saturated carbocycles. The zero-order chi connectivity index (χ0) is 12.1. The number of morpholine rings is 1. The average molecular weight is 234 g/mol. The summed E-state index contributed by atoms with van der Waals surface area (Å²) in [5.74, 6) is 0. The summed E-state index contributed by atoms with van der Waals surface area (Å²) in [7, 11) is 2.00. The van der Waals surface area contributed by atoms with Crippen LogP contribution in [-0.2, 0) is 11.2 Å². The van der Waals surface area contributed by atoms with Crippen LogP contribution >= 0.6 is 0 Å². The van der Waals surface area contributed by atoms with Crippen LogP contribution in [0.25, 0.3) is 0 Å². The van der Waals surface area contributed by atoms with Crippen LogP contribution in [0.3, 0.4) is 0 Å². The third-order valence-corrected chi connectivity index (χ3v) is 3.23. The molecule has 1 fully saturated rings. The van der Waals surface area contributed by atoms with Gasteiger partial charge in [-0.25, -0.2) is 0 Å². The molecule has 1 heterocycles. The summed E-state index contributed by atoms with van der Waals surface area (Å²) in [5.41, 5.74) is 4.17. The van der Waals surface area contributed by atoms with E-state index in [1.807, 2.05) is 7.05 Å². The number of hydrogen-bond acceptors (Lipinski definition) is 3. The zero-order valence-corrected chi connectivity index (χ0v) is 10.8. The summed E-state index contributed by atoms with van der Waals surface area (Å²) >= 11 is 0. The van der Waals surface area contributed by atoms with Crippen molar-refractivity contribution in [1.82, 2.24) is 5.32 Å². The van der Waals surface area contributed by atoms with E-state index in [2.05, 4.69) is 35.3 Å². The van der Waals surface area contributed by atoms with Gasteiger partial charge in [0.25, 0.3) is 0 Å². The quantitative estimate of drug-likeness (QED) is 0.856. The number of ether oxygens (including phenoxy) is 1. The van der Waals surface area contributed by atoms with E-state index in [0.717, 1.165) is 39.3 Å². The lowest BCUT2D eigenvalue weighted by atomic mass is 10.0. The van der Waals surface area contributed by atoms with Gasteiger partial charge in [-0.1, -0.05) is 17.7 Å². The minimum absolute atomic E-state index is 0.847. The molecule has 0 amide bonds. The van der Waals surface area contributed by atoms with E-state index in [1.165, 1.54) is 16.8 Å². The second-order valence-electron chi connectivity index (χ2n) is 4.59. The number of likely N-dealkylation sites (N-methyl/N-ethyl adjacent to an activating group) is 1. The van der Waals surface area contributed by atoms with Crippen LogP contribution in [0.5, 0.6) is 0 Å². The molecule has 0 atom stereocenters. The van der Waals surface area contributed by atoms with E-state index in [4.69, 9.17) is 4.74 Å². The minimum atomic E-state index is 0.847. The number of rotatable bonds is 4. The van der Waals surface area contributed by atoms with Crippen LogP contribution in [0.4, 0.5) is 5.69 Å². The Morgan fingerprint density at radius 2 is 2.06 bits per heavy atom. The Kier molecular flexibility index (Phi) is 4.40. The highest BCUT2D eigenvalue weighted by molar-refractivity contribution is 5.55. The second kappa shape index (κ2) is 6.03. The molecule has 3 heteroatoms. The maximum Gasteiger partial charge on any atom is 0.0642 e. The van der Waals surface area contributed by atoms with Crippen LogP contribution in [0.2, 0.25) is 0 Å². The molecular weight excluding hydrogens is 212 g/mol. The van der Waals surface area contributed by atoms with Gasteiger partial charge in [0, 0.05) is 18.8 Å². The van der Waals surface area contributed by atoms with Gasteiger partial charge in [-0.3, -0.25) is 0 Å². The minimum Gasteiger partial charge on any atom is -0.378 e. The number of anilines is 1. The molecule has 0 aliphatic carbocycles. The van der Waals surface area contributed by atoms with Crippen LogP contribution < -0.4 is 10.2 Å². The highest BCUT2D eigenvalue weighted by atomic mass is 16.5. The lowest BCUT2D eigenvalue weighted by molar-refractivity contribution is 0.122. The predicted octanol–water partition coefficient (Wildman–Crippen LogP) is 1.59. The first kappa shape index (κ1) is 12.4. The SMILES string of the molecule is CNCCc1cc(C)ccc1N1CCOCC1. The molecule has 1 aromatic rings. The number of nitrogens with zero attached hydrogens (tertiary/aromatic N) is 1. The Morgan fingerprint density at radius 1 is 1.29 bits per heavy atom. The first-order chi connectivity index (χ1) is 8.31. The molecule has 1 aliphatic rings. The molecule has 0 aromatic heterocycles.